The van der Waals surface area contributed by atoms with Gasteiger partial charge in [-0.05, 0) is 37.5 Å². The number of rotatable bonds is 4. The largest absolute Gasteiger partial charge is 0.366 e. The third-order valence-corrected chi connectivity index (χ3v) is 4.48. The Kier molecular flexibility index (Phi) is 4.89. The number of hydrogen-bond acceptors (Lipinski definition) is 4. The highest BCUT2D eigenvalue weighted by Crippen LogP contribution is 2.22. The van der Waals surface area contributed by atoms with Crippen LogP contribution in [0.2, 0.25) is 0 Å². The van der Waals surface area contributed by atoms with Gasteiger partial charge in [0.05, 0.1) is 11.6 Å². The third kappa shape index (κ3) is 4.08. The van der Waals surface area contributed by atoms with Gasteiger partial charge in [-0.15, -0.1) is 0 Å². The summed E-state index contributed by atoms with van der Waals surface area (Å²) < 4.78 is 0. The van der Waals surface area contributed by atoms with Crippen LogP contribution in [0.15, 0.2) is 48.7 Å². The molecule has 4 heteroatoms. The fourth-order valence-corrected chi connectivity index (χ4v) is 3.12. The van der Waals surface area contributed by atoms with Crippen molar-refractivity contribution in [3.63, 3.8) is 0 Å². The van der Waals surface area contributed by atoms with Crippen LogP contribution in [-0.4, -0.2) is 28.5 Å². The Morgan fingerprint density at radius 2 is 2.09 bits per heavy atom. The van der Waals surface area contributed by atoms with Crippen LogP contribution in [0.4, 0.5) is 5.82 Å². The lowest BCUT2D eigenvalue weighted by molar-refractivity contribution is 0.143. The first-order valence-corrected chi connectivity index (χ1v) is 8.15. The quantitative estimate of drug-likeness (QED) is 0.940. The Balaban J connectivity index is 1.64. The van der Waals surface area contributed by atoms with Crippen molar-refractivity contribution in [2.75, 3.05) is 11.9 Å². The van der Waals surface area contributed by atoms with Gasteiger partial charge in [-0.25, -0.2) is 4.98 Å². The van der Waals surface area contributed by atoms with Crippen LogP contribution >= 0.6 is 0 Å². The van der Waals surface area contributed by atoms with Crippen LogP contribution in [0.3, 0.4) is 0 Å². The second-order valence-electron chi connectivity index (χ2n) is 6.22. The van der Waals surface area contributed by atoms with Crippen molar-refractivity contribution in [1.82, 2.24) is 9.88 Å². The second kappa shape index (κ2) is 7.26. The van der Waals surface area contributed by atoms with Crippen LogP contribution in [0, 0.1) is 11.3 Å². The zero-order chi connectivity index (χ0) is 16.1. The van der Waals surface area contributed by atoms with Crippen molar-refractivity contribution in [2.24, 2.45) is 0 Å². The summed E-state index contributed by atoms with van der Waals surface area (Å²) >= 11 is 0. The number of anilines is 1. The molecule has 1 N–H and O–H groups in total. The maximum Gasteiger partial charge on any atom is 0.127 e. The first kappa shape index (κ1) is 15.5. The molecule has 2 atom stereocenters. The number of aromatic nitrogens is 1. The second-order valence-corrected chi connectivity index (χ2v) is 6.22. The summed E-state index contributed by atoms with van der Waals surface area (Å²) in [6.45, 7) is 4.27. The Hall–Kier alpha value is -2.38. The zero-order valence-corrected chi connectivity index (χ0v) is 13.4. The van der Waals surface area contributed by atoms with Gasteiger partial charge in [0.1, 0.15) is 5.82 Å². The highest BCUT2D eigenvalue weighted by molar-refractivity contribution is 5.43. The molecule has 0 amide bonds. The molecule has 0 bridgehead atoms. The molecule has 0 spiro atoms. The summed E-state index contributed by atoms with van der Waals surface area (Å²) in [5.74, 6) is 0.795. The van der Waals surface area contributed by atoms with Gasteiger partial charge >= 0.3 is 0 Å². The summed E-state index contributed by atoms with van der Waals surface area (Å²) in [6, 6.07) is 17.3. The molecular weight excluding hydrogens is 284 g/mol. The number of nitriles is 1. The van der Waals surface area contributed by atoms with Gasteiger partial charge < -0.3 is 5.32 Å². The van der Waals surface area contributed by atoms with E-state index in [9.17, 15) is 0 Å². The van der Waals surface area contributed by atoms with Crippen LogP contribution in [0.5, 0.6) is 0 Å². The third-order valence-electron chi connectivity index (χ3n) is 4.48. The van der Waals surface area contributed by atoms with Gasteiger partial charge in [-0.2, -0.15) is 5.26 Å². The molecule has 1 aromatic heterocycles. The predicted molar refractivity (Wildman–Crippen MR) is 91.9 cm³/mol. The number of benzene rings is 1. The molecule has 0 radical (unpaired) electrons. The van der Waals surface area contributed by atoms with Crippen molar-refractivity contribution in [1.29, 1.82) is 5.26 Å². The van der Waals surface area contributed by atoms with E-state index in [2.05, 4.69) is 58.5 Å². The van der Waals surface area contributed by atoms with Crippen molar-refractivity contribution in [3.8, 4) is 6.07 Å². The summed E-state index contributed by atoms with van der Waals surface area (Å²) in [5.41, 5.74) is 2.00. The molecule has 0 unspecified atom stereocenters. The van der Waals surface area contributed by atoms with Gasteiger partial charge in [-0.1, -0.05) is 30.3 Å². The van der Waals surface area contributed by atoms with E-state index in [-0.39, 0.29) is 0 Å². The summed E-state index contributed by atoms with van der Waals surface area (Å²) in [7, 11) is 0. The van der Waals surface area contributed by atoms with Crippen LogP contribution in [-0.2, 0) is 6.54 Å². The Morgan fingerprint density at radius 3 is 2.87 bits per heavy atom. The minimum Gasteiger partial charge on any atom is -0.366 e. The molecule has 1 aromatic carbocycles. The topological polar surface area (TPSA) is 52.0 Å². The molecule has 1 aliphatic heterocycles. The van der Waals surface area contributed by atoms with Gasteiger partial charge in [0.15, 0.2) is 0 Å². The molecule has 4 nitrogen and oxygen atoms in total. The van der Waals surface area contributed by atoms with Crippen molar-refractivity contribution in [2.45, 2.75) is 38.4 Å². The highest BCUT2D eigenvalue weighted by Gasteiger charge is 2.25. The van der Waals surface area contributed by atoms with E-state index in [0.717, 1.165) is 25.3 Å². The fraction of sp³-hybridized carbons (Fsp3) is 0.368. The number of nitrogens with one attached hydrogen (secondary N) is 1. The predicted octanol–water partition coefficient (Wildman–Crippen LogP) is 3.42. The zero-order valence-electron chi connectivity index (χ0n) is 13.4. The lowest BCUT2D eigenvalue weighted by atomic mass is 9.98. The summed E-state index contributed by atoms with van der Waals surface area (Å²) in [5, 5.41) is 12.5. The van der Waals surface area contributed by atoms with E-state index in [4.69, 9.17) is 5.26 Å². The van der Waals surface area contributed by atoms with E-state index in [0.29, 0.717) is 17.6 Å². The first-order valence-electron chi connectivity index (χ1n) is 8.15. The van der Waals surface area contributed by atoms with Crippen LogP contribution in [0.1, 0.15) is 30.9 Å². The lowest BCUT2D eigenvalue weighted by Crippen LogP contribution is -2.46. The monoisotopic (exact) mass is 306 g/mol. The molecular formula is C19H22N4. The van der Waals surface area contributed by atoms with Gasteiger partial charge in [0.2, 0.25) is 0 Å². The maximum atomic E-state index is 9.00. The highest BCUT2D eigenvalue weighted by atomic mass is 15.2. The van der Waals surface area contributed by atoms with Gasteiger partial charge in [0, 0.05) is 31.4 Å². The SMILES string of the molecule is C[C@@H]1CC[C@@H](Nc2cc(C#N)ccn2)CN1Cc1ccccc1. The van der Waals surface area contributed by atoms with Gasteiger partial charge in [-0.3, -0.25) is 4.90 Å². The Labute approximate surface area is 137 Å². The molecule has 3 rings (SSSR count). The van der Waals surface area contributed by atoms with Crippen LogP contribution in [0.25, 0.3) is 0 Å². The molecule has 23 heavy (non-hydrogen) atoms. The minimum absolute atomic E-state index is 0.372. The molecule has 1 fully saturated rings. The van der Waals surface area contributed by atoms with Crippen molar-refractivity contribution < 1.29 is 0 Å². The van der Waals surface area contributed by atoms with E-state index >= 15 is 0 Å². The Morgan fingerprint density at radius 1 is 1.26 bits per heavy atom. The summed E-state index contributed by atoms with van der Waals surface area (Å²) in [4.78, 5) is 6.85. The number of likely N-dealkylation sites (tertiary alicyclic amines) is 1. The van der Waals surface area contributed by atoms with E-state index < -0.39 is 0 Å². The van der Waals surface area contributed by atoms with Crippen molar-refractivity contribution in [3.05, 3.63) is 59.8 Å². The fourth-order valence-electron chi connectivity index (χ4n) is 3.12. The lowest BCUT2D eigenvalue weighted by Gasteiger charge is -2.38. The van der Waals surface area contributed by atoms with E-state index in [1.165, 1.54) is 12.0 Å². The average molecular weight is 306 g/mol. The van der Waals surface area contributed by atoms with E-state index in [1.807, 2.05) is 6.07 Å². The van der Waals surface area contributed by atoms with Crippen molar-refractivity contribution >= 4 is 5.82 Å². The van der Waals surface area contributed by atoms with Crippen LogP contribution < -0.4 is 5.32 Å². The van der Waals surface area contributed by atoms with Gasteiger partial charge in [0.25, 0.3) is 0 Å². The molecule has 1 saturated heterocycles. The maximum absolute atomic E-state index is 9.00. The molecule has 1 aliphatic rings. The number of pyridine rings is 1. The molecule has 0 aliphatic carbocycles. The smallest absolute Gasteiger partial charge is 0.127 e. The summed E-state index contributed by atoms with van der Waals surface area (Å²) in [6.07, 6.45) is 3.99. The standard InChI is InChI=1S/C19H22N4/c1-15-7-8-18(22-19-11-17(12-20)9-10-21-19)14-23(15)13-16-5-3-2-4-6-16/h2-6,9-11,15,18H,7-8,13-14H2,1H3,(H,21,22)/t15-,18-/m1/s1. The number of hydrogen-bond donors (Lipinski definition) is 1. The number of piperidine rings is 1. The minimum atomic E-state index is 0.372. The molecule has 0 saturated carbocycles. The normalized spacial score (nSPS) is 21.6. The molecule has 2 heterocycles. The van der Waals surface area contributed by atoms with E-state index in [1.54, 1.807) is 12.3 Å². The molecule has 118 valence electrons. The first-order chi connectivity index (χ1) is 11.2. The average Bonchev–Trinajstić information content (AvgIpc) is 2.59. The Bertz CT molecular complexity index is 677. The molecule has 2 aromatic rings. The number of nitrogens with zero attached hydrogens (tertiary/aromatic N) is 3.